The van der Waals surface area contributed by atoms with Gasteiger partial charge in [0.25, 0.3) is 11.3 Å². The predicted octanol–water partition coefficient (Wildman–Crippen LogP) is 0.0462. The fraction of sp³-hybridized carbons (Fsp3) is 0.647. The number of aliphatic carboxylic acids is 1. The molecule has 1 aromatic rings. The van der Waals surface area contributed by atoms with Crippen molar-refractivity contribution in [2.75, 3.05) is 6.61 Å². The molecule has 4 N–H and O–H groups in total. The Labute approximate surface area is 176 Å². The van der Waals surface area contributed by atoms with Crippen molar-refractivity contribution in [1.82, 2.24) is 14.9 Å². The number of aromatic nitrogens is 2. The van der Waals surface area contributed by atoms with E-state index in [2.05, 4.69) is 5.32 Å². The fourth-order valence-corrected chi connectivity index (χ4v) is 4.05. The molecule has 2 rings (SSSR count). The van der Waals surface area contributed by atoms with Gasteiger partial charge in [0.05, 0.1) is 18.7 Å². The van der Waals surface area contributed by atoms with E-state index in [9.17, 15) is 33.2 Å². The lowest BCUT2D eigenvalue weighted by Gasteiger charge is -2.15. The third-order valence-electron chi connectivity index (χ3n) is 4.54. The van der Waals surface area contributed by atoms with Gasteiger partial charge in [0.15, 0.2) is 0 Å². The highest BCUT2D eigenvalue weighted by Gasteiger charge is 2.41. The number of aromatic amines is 1. The van der Waals surface area contributed by atoms with Gasteiger partial charge in [-0.05, 0) is 4.57 Å². The molecule has 0 aromatic carbocycles. The molecule has 1 fully saturated rings. The summed E-state index contributed by atoms with van der Waals surface area (Å²) in [4.78, 5) is 47.2. The summed E-state index contributed by atoms with van der Waals surface area (Å²) in [7, 11) is -2.46. The van der Waals surface area contributed by atoms with Crippen molar-refractivity contribution in [2.24, 2.45) is 5.92 Å². The molecule has 12 nitrogen and oxygen atoms in total. The summed E-state index contributed by atoms with van der Waals surface area (Å²) >= 11 is 0. The molecule has 2 heterocycles. The van der Waals surface area contributed by atoms with Crippen molar-refractivity contribution >= 4 is 19.9 Å². The van der Waals surface area contributed by atoms with Crippen LogP contribution in [-0.4, -0.2) is 56.2 Å². The van der Waals surface area contributed by atoms with Crippen LogP contribution in [-0.2, 0) is 23.4 Å². The summed E-state index contributed by atoms with van der Waals surface area (Å²) in [5.74, 6) is -4.13. The van der Waals surface area contributed by atoms with Crippen LogP contribution in [0.2, 0.25) is 0 Å². The van der Waals surface area contributed by atoms with E-state index in [1.54, 1.807) is 18.8 Å². The Balaban J connectivity index is 1.96. The minimum absolute atomic E-state index is 0.101. The van der Waals surface area contributed by atoms with Crippen LogP contribution in [0.25, 0.3) is 0 Å². The number of nitrogens with zero attached hydrogens (tertiary/aromatic N) is 1. The highest BCUT2D eigenvalue weighted by molar-refractivity contribution is 7.40. The van der Waals surface area contributed by atoms with Crippen LogP contribution in [0.5, 0.6) is 0 Å². The third-order valence-corrected chi connectivity index (χ3v) is 6.12. The van der Waals surface area contributed by atoms with E-state index in [0.29, 0.717) is 6.20 Å². The van der Waals surface area contributed by atoms with Crippen molar-refractivity contribution in [3.05, 3.63) is 32.9 Å². The molecule has 0 saturated carbocycles. The maximum atomic E-state index is 13.5. The summed E-state index contributed by atoms with van der Waals surface area (Å²) in [5, 5.41) is 21.3. The van der Waals surface area contributed by atoms with Crippen molar-refractivity contribution in [3.8, 4) is 0 Å². The number of aliphatic hydroxyl groups is 1. The van der Waals surface area contributed by atoms with Gasteiger partial charge in [-0.3, -0.25) is 23.9 Å². The molecule has 5 atom stereocenters. The summed E-state index contributed by atoms with van der Waals surface area (Å²) < 4.78 is 37.6. The number of amides is 1. The normalized spacial score (nSPS) is 22.4. The molecule has 0 radical (unpaired) electrons. The average Bonchev–Trinajstić information content (AvgIpc) is 3.05. The van der Waals surface area contributed by atoms with E-state index in [1.807, 2.05) is 0 Å². The number of carbonyl (C=O) groups excluding carboxylic acids is 1. The van der Waals surface area contributed by atoms with Gasteiger partial charge in [-0.1, -0.05) is 13.8 Å². The molecule has 2 unspecified atom stereocenters. The monoisotopic (exact) mass is 464 g/mol. The van der Waals surface area contributed by atoms with Crippen molar-refractivity contribution in [1.29, 1.82) is 0 Å². The van der Waals surface area contributed by atoms with Gasteiger partial charge in [-0.25, -0.2) is 4.79 Å². The van der Waals surface area contributed by atoms with E-state index < -0.39 is 61.2 Å². The number of hydrogen-bond acceptors (Lipinski definition) is 8. The Kier molecular flexibility index (Phi) is 8.57. The van der Waals surface area contributed by atoms with Crippen LogP contribution in [0.15, 0.2) is 15.8 Å². The number of carbonyl (C=O) groups is 2. The first kappa shape index (κ1) is 24.8. The third kappa shape index (κ3) is 6.76. The number of nitrogens with one attached hydrogen (secondary N) is 2. The zero-order valence-corrected chi connectivity index (χ0v) is 17.7. The predicted molar refractivity (Wildman–Crippen MR) is 103 cm³/mol. The van der Waals surface area contributed by atoms with Gasteiger partial charge in [0.1, 0.15) is 18.9 Å². The van der Waals surface area contributed by atoms with E-state index in [1.165, 1.54) is 0 Å². The van der Waals surface area contributed by atoms with Crippen LogP contribution in [0.4, 0.5) is 4.39 Å². The molecule has 0 aliphatic carbocycles. The van der Waals surface area contributed by atoms with E-state index in [4.69, 9.17) is 14.4 Å². The van der Waals surface area contributed by atoms with Crippen LogP contribution >= 0.6 is 8.03 Å². The van der Waals surface area contributed by atoms with Gasteiger partial charge in [0, 0.05) is 18.8 Å². The second kappa shape index (κ2) is 10.7. The molecule has 0 spiro atoms. The highest BCUT2D eigenvalue weighted by atomic mass is 31.1. The van der Waals surface area contributed by atoms with Gasteiger partial charge >= 0.3 is 19.7 Å². The second-order valence-electron chi connectivity index (χ2n) is 7.31. The summed E-state index contributed by atoms with van der Waals surface area (Å²) in [5.41, 5.74) is -2.10. The Morgan fingerprint density at radius 3 is 2.71 bits per heavy atom. The van der Waals surface area contributed by atoms with E-state index >= 15 is 0 Å². The Morgan fingerprint density at radius 1 is 1.42 bits per heavy atom. The van der Waals surface area contributed by atoms with E-state index in [0.717, 1.165) is 4.57 Å². The molecule has 1 aromatic heterocycles. The number of halogens is 1. The van der Waals surface area contributed by atoms with Gasteiger partial charge in [-0.2, -0.15) is 4.39 Å². The van der Waals surface area contributed by atoms with Crippen LogP contribution < -0.4 is 16.6 Å². The standard InChI is InChI=1S/C17H23FN3O9P/c1-8(2)16(19-12(23)3-4-14(24)25)31(28)29-7-11-10(22)5-13(30-11)21-6-9(18)15(26)20-17(21)27/h6,8,10-11,13,16,22H,3-5,7H2,1-2H3,(H2-,19,20,23,24,25,26,27)/p+1/t10-,11+,13+,16?/m0/s1. The molecule has 1 amide bonds. The first-order valence-corrected chi connectivity index (χ1v) is 10.7. The molecule has 1 aliphatic rings. The average molecular weight is 464 g/mol. The first-order chi connectivity index (χ1) is 14.5. The summed E-state index contributed by atoms with van der Waals surface area (Å²) in [6.07, 6.45) is -3.28. The Hall–Kier alpha value is -2.47. The largest absolute Gasteiger partial charge is 0.533 e. The first-order valence-electron chi connectivity index (χ1n) is 9.44. The van der Waals surface area contributed by atoms with E-state index in [-0.39, 0.29) is 31.8 Å². The number of carboxylic acid groups (broad SMARTS) is 1. The summed E-state index contributed by atoms with van der Waals surface area (Å²) in [6, 6.07) is 0. The van der Waals surface area contributed by atoms with Gasteiger partial charge < -0.3 is 20.3 Å². The zero-order valence-electron chi connectivity index (χ0n) is 16.8. The fourth-order valence-electron chi connectivity index (χ4n) is 2.86. The van der Waals surface area contributed by atoms with Crippen LogP contribution in [0.1, 0.15) is 39.3 Å². The lowest BCUT2D eigenvalue weighted by Crippen LogP contribution is -2.37. The molecule has 1 saturated heterocycles. The Morgan fingerprint density at radius 2 is 2.10 bits per heavy atom. The number of aliphatic hydroxyl groups excluding tert-OH is 1. The van der Waals surface area contributed by atoms with Crippen molar-refractivity contribution in [3.63, 3.8) is 0 Å². The molecular weight excluding hydrogens is 440 g/mol. The summed E-state index contributed by atoms with van der Waals surface area (Å²) in [6.45, 7) is 3.03. The van der Waals surface area contributed by atoms with Crippen LogP contribution in [0, 0.1) is 11.7 Å². The molecule has 172 valence electrons. The molecule has 31 heavy (non-hydrogen) atoms. The second-order valence-corrected chi connectivity index (χ2v) is 8.69. The number of carboxylic acids is 1. The quantitative estimate of drug-likeness (QED) is 0.348. The zero-order chi connectivity index (χ0) is 23.3. The molecule has 14 heteroatoms. The number of rotatable bonds is 10. The van der Waals surface area contributed by atoms with Gasteiger partial charge in [0.2, 0.25) is 11.7 Å². The molecule has 0 bridgehead atoms. The minimum atomic E-state index is -2.46. The van der Waals surface area contributed by atoms with Gasteiger partial charge in [-0.15, -0.1) is 4.52 Å². The smallest absolute Gasteiger partial charge is 0.481 e. The number of H-pyrrole nitrogens is 1. The maximum Gasteiger partial charge on any atom is 0.533 e. The number of hydrogen-bond donors (Lipinski definition) is 4. The topological polar surface area (TPSA) is 177 Å². The van der Waals surface area contributed by atoms with Crippen LogP contribution in [0.3, 0.4) is 0 Å². The molecule has 1 aliphatic heterocycles. The van der Waals surface area contributed by atoms with Crippen molar-refractivity contribution < 1.29 is 38.0 Å². The van der Waals surface area contributed by atoms with Crippen molar-refractivity contribution in [2.45, 2.75) is 57.3 Å². The Bertz CT molecular complexity index is 948. The maximum absolute atomic E-state index is 13.5. The number of ether oxygens (including phenoxy) is 1. The minimum Gasteiger partial charge on any atom is -0.481 e. The lowest BCUT2D eigenvalue weighted by molar-refractivity contribution is -0.138. The highest BCUT2D eigenvalue weighted by Crippen LogP contribution is 2.35. The SMILES string of the molecule is CC(C)C(NC(=O)CCC(=O)O)[P+](=O)OC[C@H]1O[C@@H](n2cc(F)c(=O)[nH]c2=O)C[C@@H]1O. The lowest BCUT2D eigenvalue weighted by atomic mass is 10.2. The molecular formula is C17H24FN3O9P+.